The molecule has 7 heteroatoms. The number of amides is 1. The molecule has 0 unspecified atom stereocenters. The molecule has 1 aliphatic heterocycles. The van der Waals surface area contributed by atoms with Crippen molar-refractivity contribution in [3.05, 3.63) is 0 Å². The molecular formula is C10H16F3NO3. The summed E-state index contributed by atoms with van der Waals surface area (Å²) >= 11 is 0. The third-order valence-electron chi connectivity index (χ3n) is 2.89. The summed E-state index contributed by atoms with van der Waals surface area (Å²) in [5.41, 5.74) is 0. The number of likely N-dealkylation sites (N-methyl/N-ethyl adjacent to an activating group) is 1. The lowest BCUT2D eigenvalue weighted by molar-refractivity contribution is -0.207. The van der Waals surface area contributed by atoms with Crippen LogP contribution in [0, 0.1) is 5.92 Å². The van der Waals surface area contributed by atoms with Gasteiger partial charge in [-0.1, -0.05) is 0 Å². The molecule has 4 nitrogen and oxygen atoms in total. The molecule has 0 radical (unpaired) electrons. The number of hydrogen-bond donors (Lipinski definition) is 1. The largest absolute Gasteiger partial charge is 0.416 e. The van der Waals surface area contributed by atoms with Crippen LogP contribution in [0.4, 0.5) is 13.2 Å². The third kappa shape index (κ3) is 3.57. The number of alkyl halides is 3. The molecule has 1 aliphatic rings. The van der Waals surface area contributed by atoms with E-state index in [-0.39, 0.29) is 6.10 Å². The molecule has 1 fully saturated rings. The van der Waals surface area contributed by atoms with Crippen LogP contribution in [0.2, 0.25) is 0 Å². The van der Waals surface area contributed by atoms with Crippen molar-refractivity contribution < 1.29 is 27.8 Å². The minimum absolute atomic E-state index is 0.284. The van der Waals surface area contributed by atoms with Crippen molar-refractivity contribution in [3.63, 3.8) is 0 Å². The summed E-state index contributed by atoms with van der Waals surface area (Å²) in [6, 6.07) is 0. The Hall–Kier alpha value is -0.820. The Labute approximate surface area is 97.3 Å². The number of hydrogen-bond acceptors (Lipinski definition) is 3. The van der Waals surface area contributed by atoms with Gasteiger partial charge in [0.25, 0.3) is 0 Å². The zero-order chi connectivity index (χ0) is 13.2. The predicted octanol–water partition coefficient (Wildman–Crippen LogP) is 0.793. The smallest absolute Gasteiger partial charge is 0.382 e. The van der Waals surface area contributed by atoms with Gasteiger partial charge in [0.15, 0.2) is 6.10 Å². The monoisotopic (exact) mass is 255 g/mol. The zero-order valence-corrected chi connectivity index (χ0v) is 9.70. The first-order valence-electron chi connectivity index (χ1n) is 5.35. The number of aliphatic hydroxyl groups excluding tert-OH is 1. The second-order valence-electron chi connectivity index (χ2n) is 4.25. The summed E-state index contributed by atoms with van der Waals surface area (Å²) in [5.74, 6) is -0.835. The molecule has 0 aromatic rings. The summed E-state index contributed by atoms with van der Waals surface area (Å²) in [5, 5.41) is 8.86. The quantitative estimate of drug-likeness (QED) is 0.811. The number of ether oxygens (including phenoxy) is 1. The maximum absolute atomic E-state index is 12.1. The lowest BCUT2D eigenvalue weighted by atomic mass is 10.0. The lowest BCUT2D eigenvalue weighted by Gasteiger charge is -2.25. The number of halogens is 3. The second-order valence-corrected chi connectivity index (χ2v) is 4.25. The van der Waals surface area contributed by atoms with E-state index in [1.807, 2.05) is 0 Å². The zero-order valence-electron chi connectivity index (χ0n) is 9.70. The van der Waals surface area contributed by atoms with Crippen LogP contribution in [0.25, 0.3) is 0 Å². The molecule has 0 aromatic heterocycles. The molecule has 0 aliphatic carbocycles. The molecule has 0 bridgehead atoms. The summed E-state index contributed by atoms with van der Waals surface area (Å²) < 4.78 is 41.5. The van der Waals surface area contributed by atoms with Crippen molar-refractivity contribution >= 4 is 5.91 Å². The van der Waals surface area contributed by atoms with Gasteiger partial charge in [0.05, 0.1) is 18.6 Å². The minimum atomic E-state index is -4.70. The minimum Gasteiger partial charge on any atom is -0.382 e. The van der Waals surface area contributed by atoms with E-state index in [4.69, 9.17) is 9.84 Å². The Morgan fingerprint density at radius 3 is 2.59 bits per heavy atom. The summed E-state index contributed by atoms with van der Waals surface area (Å²) in [4.78, 5) is 12.7. The highest BCUT2D eigenvalue weighted by atomic mass is 19.4. The fraction of sp³-hybridized carbons (Fsp3) is 0.900. The molecule has 0 saturated carbocycles. The van der Waals surface area contributed by atoms with Gasteiger partial charge >= 0.3 is 6.18 Å². The van der Waals surface area contributed by atoms with Crippen LogP contribution < -0.4 is 0 Å². The molecule has 0 spiro atoms. The van der Waals surface area contributed by atoms with Crippen LogP contribution in [-0.2, 0) is 9.53 Å². The average molecular weight is 255 g/mol. The van der Waals surface area contributed by atoms with Gasteiger partial charge in [0.1, 0.15) is 0 Å². The van der Waals surface area contributed by atoms with E-state index in [0.29, 0.717) is 13.0 Å². The van der Waals surface area contributed by atoms with E-state index >= 15 is 0 Å². The van der Waals surface area contributed by atoms with Gasteiger partial charge in [-0.15, -0.1) is 0 Å². The Morgan fingerprint density at radius 1 is 1.59 bits per heavy atom. The van der Waals surface area contributed by atoms with Crippen molar-refractivity contribution in [2.75, 3.05) is 20.2 Å². The molecule has 0 aromatic carbocycles. The van der Waals surface area contributed by atoms with Gasteiger partial charge in [-0.2, -0.15) is 13.2 Å². The first-order valence-corrected chi connectivity index (χ1v) is 5.35. The van der Waals surface area contributed by atoms with E-state index in [9.17, 15) is 18.0 Å². The van der Waals surface area contributed by atoms with Gasteiger partial charge in [0.2, 0.25) is 5.91 Å². The lowest BCUT2D eigenvalue weighted by Crippen LogP contribution is -2.44. The molecule has 1 saturated heterocycles. The fourth-order valence-corrected chi connectivity index (χ4v) is 1.79. The molecule has 3 atom stereocenters. The summed E-state index contributed by atoms with van der Waals surface area (Å²) in [6.45, 7) is 1.41. The predicted molar refractivity (Wildman–Crippen MR) is 53.2 cm³/mol. The topological polar surface area (TPSA) is 49.8 Å². The van der Waals surface area contributed by atoms with E-state index in [2.05, 4.69) is 0 Å². The number of rotatable bonds is 3. The van der Waals surface area contributed by atoms with Crippen LogP contribution in [-0.4, -0.2) is 54.5 Å². The van der Waals surface area contributed by atoms with E-state index < -0.39 is 30.7 Å². The maximum Gasteiger partial charge on any atom is 0.416 e. The van der Waals surface area contributed by atoms with Gasteiger partial charge in [-0.3, -0.25) is 4.79 Å². The Kier molecular flexibility index (Phi) is 4.37. The summed E-state index contributed by atoms with van der Waals surface area (Å²) in [6.07, 6.45) is -6.99. The fourth-order valence-electron chi connectivity index (χ4n) is 1.79. The standard InChI is InChI=1S/C10H16F3NO3/c1-6-7(3-4-17-6)9(16)14(2)5-8(15)10(11,12)13/h6-8,15H,3-5H2,1-2H3/t6-,7-,8-/m0/s1. The van der Waals surface area contributed by atoms with E-state index in [1.165, 1.54) is 7.05 Å². The molecule has 100 valence electrons. The highest BCUT2D eigenvalue weighted by Crippen LogP contribution is 2.24. The molecule has 1 N–H and O–H groups in total. The molecule has 1 amide bonds. The SMILES string of the molecule is C[C@@H]1OCC[C@@H]1C(=O)N(C)C[C@H](O)C(F)(F)F. The Balaban J connectivity index is 2.52. The van der Waals surface area contributed by atoms with Gasteiger partial charge in [0, 0.05) is 13.7 Å². The second kappa shape index (κ2) is 5.22. The van der Waals surface area contributed by atoms with Crippen molar-refractivity contribution in [1.29, 1.82) is 0 Å². The number of carbonyl (C=O) groups excluding carboxylic acids is 1. The maximum atomic E-state index is 12.1. The van der Waals surface area contributed by atoms with E-state index in [1.54, 1.807) is 6.92 Å². The van der Waals surface area contributed by atoms with Crippen molar-refractivity contribution in [2.45, 2.75) is 31.7 Å². The first kappa shape index (κ1) is 14.2. The average Bonchev–Trinajstić information content (AvgIpc) is 2.61. The van der Waals surface area contributed by atoms with Gasteiger partial charge in [-0.25, -0.2) is 0 Å². The first-order chi connectivity index (χ1) is 7.73. The van der Waals surface area contributed by atoms with Gasteiger partial charge in [-0.05, 0) is 13.3 Å². The normalized spacial score (nSPS) is 26.9. The van der Waals surface area contributed by atoms with Crippen LogP contribution in [0.1, 0.15) is 13.3 Å². The van der Waals surface area contributed by atoms with Crippen LogP contribution in [0.5, 0.6) is 0 Å². The van der Waals surface area contributed by atoms with Crippen LogP contribution >= 0.6 is 0 Å². The van der Waals surface area contributed by atoms with Crippen molar-refractivity contribution in [1.82, 2.24) is 4.90 Å². The van der Waals surface area contributed by atoms with Crippen LogP contribution in [0.3, 0.4) is 0 Å². The van der Waals surface area contributed by atoms with Gasteiger partial charge < -0.3 is 14.7 Å². The summed E-state index contributed by atoms with van der Waals surface area (Å²) in [7, 11) is 1.25. The Morgan fingerprint density at radius 2 is 2.18 bits per heavy atom. The third-order valence-corrected chi connectivity index (χ3v) is 2.89. The van der Waals surface area contributed by atoms with E-state index in [0.717, 1.165) is 4.90 Å². The highest BCUT2D eigenvalue weighted by molar-refractivity contribution is 5.79. The molecule has 1 heterocycles. The molecule has 1 rings (SSSR count). The molecule has 17 heavy (non-hydrogen) atoms. The number of aliphatic hydroxyl groups is 1. The number of nitrogens with zero attached hydrogens (tertiary/aromatic N) is 1. The van der Waals surface area contributed by atoms with Crippen molar-refractivity contribution in [3.8, 4) is 0 Å². The highest BCUT2D eigenvalue weighted by Gasteiger charge is 2.41. The van der Waals surface area contributed by atoms with Crippen molar-refractivity contribution in [2.24, 2.45) is 5.92 Å². The Bertz CT molecular complexity index is 282. The number of carbonyl (C=O) groups is 1. The van der Waals surface area contributed by atoms with Crippen LogP contribution in [0.15, 0.2) is 0 Å². The molecular weight excluding hydrogens is 239 g/mol.